The third-order valence-corrected chi connectivity index (χ3v) is 3.59. The Labute approximate surface area is 110 Å². The molecule has 0 saturated carbocycles. The van der Waals surface area contributed by atoms with Crippen LogP contribution >= 0.6 is 11.3 Å². The molecule has 18 heavy (non-hydrogen) atoms. The topological polar surface area (TPSA) is 37.8 Å². The summed E-state index contributed by atoms with van der Waals surface area (Å²) in [5.41, 5.74) is 1.11. The van der Waals surface area contributed by atoms with E-state index in [-0.39, 0.29) is 11.9 Å². The predicted molar refractivity (Wildman–Crippen MR) is 72.5 cm³/mol. The summed E-state index contributed by atoms with van der Waals surface area (Å²) in [5, 5.41) is 13.3. The highest BCUT2D eigenvalue weighted by Gasteiger charge is 2.07. The minimum atomic E-state index is -0.198. The van der Waals surface area contributed by atoms with E-state index >= 15 is 0 Å². The first kappa shape index (κ1) is 13.0. The maximum Gasteiger partial charge on any atom is 0.205 e. The lowest BCUT2D eigenvalue weighted by Crippen LogP contribution is -2.17. The first-order valence-corrected chi connectivity index (χ1v) is 6.82. The van der Waals surface area contributed by atoms with Crippen LogP contribution < -0.4 is 5.32 Å². The van der Waals surface area contributed by atoms with Gasteiger partial charge in [0.05, 0.1) is 0 Å². The van der Waals surface area contributed by atoms with E-state index in [1.54, 1.807) is 11.3 Å². The monoisotopic (exact) mass is 265 g/mol. The van der Waals surface area contributed by atoms with Gasteiger partial charge in [0.25, 0.3) is 0 Å². The molecular weight excluding hydrogens is 249 g/mol. The zero-order valence-corrected chi connectivity index (χ0v) is 11.3. The summed E-state index contributed by atoms with van der Waals surface area (Å²) in [6.45, 7) is 4.14. The van der Waals surface area contributed by atoms with Gasteiger partial charge in [0.2, 0.25) is 5.13 Å². The fourth-order valence-electron chi connectivity index (χ4n) is 1.69. The Kier molecular flexibility index (Phi) is 4.25. The molecule has 3 nitrogen and oxygen atoms in total. The average Bonchev–Trinajstić information content (AvgIpc) is 2.79. The Hall–Kier alpha value is -1.49. The van der Waals surface area contributed by atoms with Gasteiger partial charge in [0.15, 0.2) is 0 Å². The van der Waals surface area contributed by atoms with Crippen molar-refractivity contribution in [1.82, 2.24) is 10.2 Å². The molecule has 1 aromatic carbocycles. The van der Waals surface area contributed by atoms with Crippen LogP contribution in [-0.2, 0) is 12.8 Å². The van der Waals surface area contributed by atoms with Crippen molar-refractivity contribution in [3.8, 4) is 0 Å². The van der Waals surface area contributed by atoms with Crippen LogP contribution in [0.2, 0.25) is 0 Å². The van der Waals surface area contributed by atoms with E-state index in [2.05, 4.69) is 29.4 Å². The summed E-state index contributed by atoms with van der Waals surface area (Å²) in [5.74, 6) is -0.198. The van der Waals surface area contributed by atoms with Gasteiger partial charge in [-0.2, -0.15) is 0 Å². The standard InChI is InChI=1S/C13H16FN3S/c1-3-12-16-17-13(18-12)15-9(2)8-10-4-6-11(14)7-5-10/h4-7,9H,3,8H2,1-2H3,(H,15,17). The van der Waals surface area contributed by atoms with Crippen LogP contribution in [0, 0.1) is 5.82 Å². The number of halogens is 1. The minimum Gasteiger partial charge on any atom is -0.357 e. The summed E-state index contributed by atoms with van der Waals surface area (Å²) in [4.78, 5) is 0. The predicted octanol–water partition coefficient (Wildman–Crippen LogP) is 3.28. The van der Waals surface area contributed by atoms with E-state index in [4.69, 9.17) is 0 Å². The van der Waals surface area contributed by atoms with Crippen molar-refractivity contribution in [2.75, 3.05) is 5.32 Å². The summed E-state index contributed by atoms with van der Waals surface area (Å²) < 4.78 is 12.8. The highest BCUT2D eigenvalue weighted by atomic mass is 32.1. The van der Waals surface area contributed by atoms with Crippen LogP contribution in [0.5, 0.6) is 0 Å². The van der Waals surface area contributed by atoms with Gasteiger partial charge in [-0.1, -0.05) is 30.4 Å². The molecule has 0 aliphatic carbocycles. The van der Waals surface area contributed by atoms with Crippen LogP contribution in [0.1, 0.15) is 24.4 Å². The van der Waals surface area contributed by atoms with Gasteiger partial charge in [-0.15, -0.1) is 10.2 Å². The second kappa shape index (κ2) is 5.91. The number of anilines is 1. The lowest BCUT2D eigenvalue weighted by atomic mass is 10.1. The molecule has 1 heterocycles. The van der Waals surface area contributed by atoms with Crippen molar-refractivity contribution >= 4 is 16.5 Å². The SMILES string of the molecule is CCc1nnc(NC(C)Cc2ccc(F)cc2)s1. The molecule has 0 aliphatic rings. The third kappa shape index (κ3) is 3.50. The van der Waals surface area contributed by atoms with Crippen LogP contribution in [0.3, 0.4) is 0 Å². The Balaban J connectivity index is 1.91. The van der Waals surface area contributed by atoms with Gasteiger partial charge in [-0.05, 0) is 37.5 Å². The Morgan fingerprint density at radius 2 is 2.00 bits per heavy atom. The quantitative estimate of drug-likeness (QED) is 0.901. The van der Waals surface area contributed by atoms with Crippen LogP contribution in [0.4, 0.5) is 9.52 Å². The molecule has 96 valence electrons. The zero-order valence-electron chi connectivity index (χ0n) is 10.5. The number of rotatable bonds is 5. The molecule has 2 rings (SSSR count). The summed E-state index contributed by atoms with van der Waals surface area (Å²) in [6.07, 6.45) is 1.74. The Morgan fingerprint density at radius 1 is 1.28 bits per heavy atom. The van der Waals surface area contributed by atoms with Gasteiger partial charge in [-0.3, -0.25) is 0 Å². The molecule has 1 aromatic heterocycles. The molecule has 0 bridgehead atoms. The molecule has 2 aromatic rings. The number of benzene rings is 1. The molecule has 0 radical (unpaired) electrons. The molecule has 0 spiro atoms. The molecule has 0 fully saturated rings. The maximum atomic E-state index is 12.8. The zero-order chi connectivity index (χ0) is 13.0. The summed E-state index contributed by atoms with van der Waals surface area (Å²) >= 11 is 1.58. The second-order valence-corrected chi connectivity index (χ2v) is 5.29. The first-order valence-electron chi connectivity index (χ1n) is 6.00. The molecule has 1 N–H and O–H groups in total. The van der Waals surface area contributed by atoms with Crippen molar-refractivity contribution in [1.29, 1.82) is 0 Å². The van der Waals surface area contributed by atoms with E-state index < -0.39 is 0 Å². The van der Waals surface area contributed by atoms with Crippen molar-refractivity contribution in [2.24, 2.45) is 0 Å². The smallest absolute Gasteiger partial charge is 0.205 e. The van der Waals surface area contributed by atoms with Crippen molar-refractivity contribution < 1.29 is 4.39 Å². The molecule has 0 amide bonds. The largest absolute Gasteiger partial charge is 0.357 e. The Bertz CT molecular complexity index is 495. The fourth-order valence-corrected chi connectivity index (χ4v) is 2.48. The number of nitrogens with zero attached hydrogens (tertiary/aromatic N) is 2. The lowest BCUT2D eigenvalue weighted by Gasteiger charge is -2.12. The third-order valence-electron chi connectivity index (χ3n) is 2.59. The molecule has 1 atom stereocenters. The number of hydrogen-bond donors (Lipinski definition) is 1. The first-order chi connectivity index (χ1) is 8.67. The minimum absolute atomic E-state index is 0.198. The summed E-state index contributed by atoms with van der Waals surface area (Å²) in [6, 6.07) is 6.84. The lowest BCUT2D eigenvalue weighted by molar-refractivity contribution is 0.626. The Morgan fingerprint density at radius 3 is 2.61 bits per heavy atom. The van der Waals surface area contributed by atoms with E-state index in [1.807, 2.05) is 12.1 Å². The number of aromatic nitrogens is 2. The highest BCUT2D eigenvalue weighted by Crippen LogP contribution is 2.17. The number of nitrogens with one attached hydrogen (secondary N) is 1. The van der Waals surface area contributed by atoms with Crippen LogP contribution in [0.15, 0.2) is 24.3 Å². The van der Waals surface area contributed by atoms with Crippen LogP contribution in [-0.4, -0.2) is 16.2 Å². The van der Waals surface area contributed by atoms with E-state index in [0.717, 1.165) is 28.5 Å². The van der Waals surface area contributed by atoms with Crippen molar-refractivity contribution in [3.63, 3.8) is 0 Å². The average molecular weight is 265 g/mol. The van der Waals surface area contributed by atoms with E-state index in [9.17, 15) is 4.39 Å². The highest BCUT2D eigenvalue weighted by molar-refractivity contribution is 7.15. The van der Waals surface area contributed by atoms with E-state index in [0.29, 0.717) is 0 Å². The molecular formula is C13H16FN3S. The maximum absolute atomic E-state index is 12.8. The van der Waals surface area contributed by atoms with Gasteiger partial charge in [-0.25, -0.2) is 4.39 Å². The van der Waals surface area contributed by atoms with Crippen molar-refractivity contribution in [2.45, 2.75) is 32.7 Å². The molecule has 0 saturated heterocycles. The summed E-state index contributed by atoms with van der Waals surface area (Å²) in [7, 11) is 0. The normalized spacial score (nSPS) is 12.4. The van der Waals surface area contributed by atoms with Gasteiger partial charge >= 0.3 is 0 Å². The number of aryl methyl sites for hydroxylation is 1. The number of hydrogen-bond acceptors (Lipinski definition) is 4. The van der Waals surface area contributed by atoms with Crippen molar-refractivity contribution in [3.05, 3.63) is 40.7 Å². The molecule has 1 unspecified atom stereocenters. The van der Waals surface area contributed by atoms with Gasteiger partial charge < -0.3 is 5.32 Å². The van der Waals surface area contributed by atoms with E-state index in [1.165, 1.54) is 12.1 Å². The molecule has 5 heteroatoms. The fraction of sp³-hybridized carbons (Fsp3) is 0.385. The van der Waals surface area contributed by atoms with Gasteiger partial charge in [0, 0.05) is 6.04 Å². The second-order valence-electron chi connectivity index (χ2n) is 4.23. The molecule has 0 aliphatic heterocycles. The van der Waals surface area contributed by atoms with Gasteiger partial charge in [0.1, 0.15) is 10.8 Å². The van der Waals surface area contributed by atoms with Crippen LogP contribution in [0.25, 0.3) is 0 Å².